The third-order valence-corrected chi connectivity index (χ3v) is 8.30. The predicted octanol–water partition coefficient (Wildman–Crippen LogP) is 6.67. The molecule has 0 unspecified atom stereocenters. The third-order valence-electron chi connectivity index (χ3n) is 8.30. The van der Waals surface area contributed by atoms with E-state index in [0.717, 1.165) is 12.1 Å². The highest BCUT2D eigenvalue weighted by Crippen LogP contribution is 2.59. The largest absolute Gasteiger partial charge is 0.297 e. The molecule has 3 saturated carbocycles. The fraction of sp³-hybridized carbons (Fsp3) is 0.367. The molecule has 3 aliphatic carbocycles. The maximum atomic E-state index is 5.14. The van der Waals surface area contributed by atoms with E-state index in [1.165, 1.54) is 55.6 Å². The number of anilines is 1. The minimum Gasteiger partial charge on any atom is -0.297 e. The van der Waals surface area contributed by atoms with Gasteiger partial charge in [0.1, 0.15) is 0 Å². The molecule has 2 atom stereocenters. The normalized spacial score (nSPS) is 30.5. The lowest BCUT2D eigenvalue weighted by Gasteiger charge is -2.59. The molecule has 7 rings (SSSR count). The van der Waals surface area contributed by atoms with Crippen LogP contribution in [0.25, 0.3) is 0 Å². The SMILES string of the molecule is c1ccc(N/N=C2\CC3(N4CCCC4)C[C@@H](c4ccccc4)C2[C@H](c2ccccc2)C3)cc1. The van der Waals surface area contributed by atoms with Crippen molar-refractivity contribution in [1.29, 1.82) is 0 Å². The van der Waals surface area contributed by atoms with Gasteiger partial charge in [-0.05, 0) is 73.9 Å². The summed E-state index contributed by atoms with van der Waals surface area (Å²) in [6.45, 7) is 2.46. The first kappa shape index (κ1) is 20.7. The Bertz CT molecular complexity index is 1040. The number of benzene rings is 3. The van der Waals surface area contributed by atoms with Gasteiger partial charge in [-0.1, -0.05) is 78.9 Å². The van der Waals surface area contributed by atoms with Crippen molar-refractivity contribution in [3.63, 3.8) is 0 Å². The molecule has 4 aliphatic rings. The van der Waals surface area contributed by atoms with Gasteiger partial charge in [-0.3, -0.25) is 10.3 Å². The van der Waals surface area contributed by atoms with Crippen LogP contribution in [0.5, 0.6) is 0 Å². The first-order valence-corrected chi connectivity index (χ1v) is 12.5. The number of rotatable bonds is 5. The Morgan fingerprint density at radius 1 is 0.697 bits per heavy atom. The van der Waals surface area contributed by atoms with Crippen LogP contribution in [0, 0.1) is 5.92 Å². The molecule has 3 aromatic carbocycles. The zero-order valence-electron chi connectivity index (χ0n) is 19.2. The summed E-state index contributed by atoms with van der Waals surface area (Å²) in [4.78, 5) is 2.83. The Labute approximate surface area is 197 Å². The maximum Gasteiger partial charge on any atom is 0.0561 e. The number of nitrogens with zero attached hydrogens (tertiary/aromatic N) is 2. The fourth-order valence-electron chi connectivity index (χ4n) is 6.88. The lowest BCUT2D eigenvalue weighted by Crippen LogP contribution is -2.60. The van der Waals surface area contributed by atoms with Crippen LogP contribution < -0.4 is 5.43 Å². The zero-order chi connectivity index (χ0) is 22.1. The van der Waals surface area contributed by atoms with Gasteiger partial charge in [-0.15, -0.1) is 0 Å². The molecule has 1 heterocycles. The van der Waals surface area contributed by atoms with Crippen LogP contribution in [0.2, 0.25) is 0 Å². The van der Waals surface area contributed by atoms with E-state index < -0.39 is 0 Å². The molecule has 4 fully saturated rings. The Kier molecular flexibility index (Phi) is 5.51. The van der Waals surface area contributed by atoms with Gasteiger partial charge in [-0.25, -0.2) is 0 Å². The second kappa shape index (κ2) is 8.79. The van der Waals surface area contributed by atoms with E-state index in [0.29, 0.717) is 17.8 Å². The van der Waals surface area contributed by atoms with Crippen LogP contribution in [0.1, 0.15) is 55.1 Å². The van der Waals surface area contributed by atoms with Crippen molar-refractivity contribution >= 4 is 11.4 Å². The summed E-state index contributed by atoms with van der Waals surface area (Å²) in [5.74, 6) is 1.42. The van der Waals surface area contributed by atoms with Gasteiger partial charge in [0.2, 0.25) is 0 Å². The maximum absolute atomic E-state index is 5.14. The minimum atomic E-state index is 0.198. The summed E-state index contributed by atoms with van der Waals surface area (Å²) in [5.41, 5.74) is 8.98. The van der Waals surface area contributed by atoms with Gasteiger partial charge in [0.25, 0.3) is 0 Å². The van der Waals surface area contributed by atoms with Crippen molar-refractivity contribution in [2.24, 2.45) is 11.0 Å². The van der Waals surface area contributed by atoms with Crippen LogP contribution in [0.4, 0.5) is 5.69 Å². The molecule has 0 spiro atoms. The average Bonchev–Trinajstić information content (AvgIpc) is 3.45. The molecule has 1 N–H and O–H groups in total. The summed E-state index contributed by atoms with van der Waals surface area (Å²) in [6, 6.07) is 32.9. The summed E-state index contributed by atoms with van der Waals surface area (Å²) in [5, 5.41) is 5.14. The lowest BCUT2D eigenvalue weighted by atomic mass is 9.52. The van der Waals surface area contributed by atoms with E-state index in [1.807, 2.05) is 0 Å². The number of nitrogens with one attached hydrogen (secondary N) is 1. The minimum absolute atomic E-state index is 0.198. The van der Waals surface area contributed by atoms with Crippen molar-refractivity contribution in [2.75, 3.05) is 18.5 Å². The van der Waals surface area contributed by atoms with Gasteiger partial charge >= 0.3 is 0 Å². The van der Waals surface area contributed by atoms with E-state index in [9.17, 15) is 0 Å². The Hall–Kier alpha value is -2.91. The number of hydrogen-bond acceptors (Lipinski definition) is 3. The number of hydrogen-bond donors (Lipinski definition) is 1. The highest BCUT2D eigenvalue weighted by molar-refractivity contribution is 5.92. The zero-order valence-corrected chi connectivity index (χ0v) is 19.2. The second-order valence-electron chi connectivity index (χ2n) is 10.1. The van der Waals surface area contributed by atoms with Crippen molar-refractivity contribution in [2.45, 2.75) is 49.5 Å². The summed E-state index contributed by atoms with van der Waals surface area (Å²) in [7, 11) is 0. The van der Waals surface area contributed by atoms with Gasteiger partial charge in [0.15, 0.2) is 0 Å². The fourth-order valence-corrected chi connectivity index (χ4v) is 6.88. The molecular weight excluding hydrogens is 402 g/mol. The molecular formula is C30H33N3. The highest BCUT2D eigenvalue weighted by Gasteiger charge is 2.57. The van der Waals surface area contributed by atoms with Crippen LogP contribution in [-0.2, 0) is 0 Å². The first-order chi connectivity index (χ1) is 16.3. The van der Waals surface area contributed by atoms with Gasteiger partial charge in [0.05, 0.1) is 5.69 Å². The van der Waals surface area contributed by atoms with E-state index in [-0.39, 0.29) is 5.54 Å². The van der Waals surface area contributed by atoms with Gasteiger partial charge in [0, 0.05) is 23.6 Å². The predicted molar refractivity (Wildman–Crippen MR) is 137 cm³/mol. The van der Waals surface area contributed by atoms with Crippen LogP contribution in [0.3, 0.4) is 0 Å². The molecule has 33 heavy (non-hydrogen) atoms. The Balaban J connectivity index is 1.46. The molecule has 0 radical (unpaired) electrons. The summed E-state index contributed by atoms with van der Waals surface area (Å²) >= 11 is 0. The number of hydrazone groups is 1. The molecule has 0 amide bonds. The van der Waals surface area contributed by atoms with E-state index in [2.05, 4.69) is 101 Å². The summed E-state index contributed by atoms with van der Waals surface area (Å²) in [6.07, 6.45) is 6.23. The van der Waals surface area contributed by atoms with E-state index in [1.54, 1.807) is 0 Å². The molecule has 3 nitrogen and oxygen atoms in total. The number of likely N-dealkylation sites (tertiary alicyclic amines) is 1. The van der Waals surface area contributed by atoms with Crippen molar-refractivity contribution in [3.05, 3.63) is 102 Å². The average molecular weight is 436 g/mol. The molecule has 2 bridgehead atoms. The van der Waals surface area contributed by atoms with E-state index >= 15 is 0 Å². The third kappa shape index (κ3) is 3.89. The lowest BCUT2D eigenvalue weighted by molar-refractivity contribution is 0.0287. The van der Waals surface area contributed by atoms with Crippen molar-refractivity contribution in [1.82, 2.24) is 4.90 Å². The van der Waals surface area contributed by atoms with E-state index in [4.69, 9.17) is 5.10 Å². The Morgan fingerprint density at radius 3 is 1.76 bits per heavy atom. The standard InChI is InChI=1S/C30H33N3/c1-4-12-23(13-5-1)26-20-30(33-18-10-11-19-33)21-27(24-14-6-2-7-15-24)29(26)28(22-30)32-31-25-16-8-3-9-17-25/h1-9,12-17,26-27,29,31H,10-11,18-22H2/b32-28+/t26-,27-,29?,30?/m0/s1. The second-order valence-corrected chi connectivity index (χ2v) is 10.1. The van der Waals surface area contributed by atoms with Crippen molar-refractivity contribution in [3.8, 4) is 0 Å². The Morgan fingerprint density at radius 2 is 1.21 bits per heavy atom. The van der Waals surface area contributed by atoms with Gasteiger partial charge in [-0.2, -0.15) is 5.10 Å². The molecule has 1 saturated heterocycles. The summed E-state index contributed by atoms with van der Waals surface area (Å²) < 4.78 is 0. The van der Waals surface area contributed by atoms with Crippen LogP contribution in [0.15, 0.2) is 96.1 Å². The number of fused-ring (bicyclic) bond motifs is 3. The first-order valence-electron chi connectivity index (χ1n) is 12.5. The molecule has 1 aliphatic heterocycles. The van der Waals surface area contributed by atoms with Crippen LogP contribution >= 0.6 is 0 Å². The quantitative estimate of drug-likeness (QED) is 0.453. The van der Waals surface area contributed by atoms with Crippen LogP contribution in [-0.4, -0.2) is 29.2 Å². The van der Waals surface area contributed by atoms with Crippen molar-refractivity contribution < 1.29 is 0 Å². The monoisotopic (exact) mass is 435 g/mol. The number of para-hydroxylation sites is 1. The molecule has 3 heteroatoms. The smallest absolute Gasteiger partial charge is 0.0561 e. The molecule has 168 valence electrons. The topological polar surface area (TPSA) is 27.6 Å². The highest BCUT2D eigenvalue weighted by atomic mass is 15.3. The molecule has 3 aromatic rings. The van der Waals surface area contributed by atoms with Gasteiger partial charge < -0.3 is 0 Å². The molecule has 0 aromatic heterocycles.